The number of para-hydroxylation sites is 2. The Morgan fingerprint density at radius 2 is 1.67 bits per heavy atom. The van der Waals surface area contributed by atoms with Gasteiger partial charge in [-0.3, -0.25) is 19.6 Å². The number of anilines is 2. The number of nitrogen functional groups attached to an aromatic ring is 1. The van der Waals surface area contributed by atoms with Gasteiger partial charge >= 0.3 is 0 Å². The Morgan fingerprint density at radius 3 is 2.47 bits per heavy atom. The molecule has 2 aromatic heterocycles. The molecule has 3 fully saturated rings. The number of aromatic nitrogens is 4. The molecule has 3 aliphatic heterocycles. The zero-order chi connectivity index (χ0) is 33.5. The van der Waals surface area contributed by atoms with E-state index in [1.807, 2.05) is 30.5 Å². The molecule has 49 heavy (non-hydrogen) atoms. The summed E-state index contributed by atoms with van der Waals surface area (Å²) in [7, 11) is 0. The minimum Gasteiger partial charge on any atom is -0.507 e. The van der Waals surface area contributed by atoms with Crippen LogP contribution in [-0.2, 0) is 9.59 Å². The van der Waals surface area contributed by atoms with Gasteiger partial charge in [-0.15, -0.1) is 10.2 Å². The number of phenolic OH excluding ortho intramolecular Hbond substituents is 1. The smallest absolute Gasteiger partial charge is 0.249 e. The maximum atomic E-state index is 12.7. The first-order chi connectivity index (χ1) is 23.9. The third-order valence-corrected chi connectivity index (χ3v) is 10.9. The standard InChI is InChI=1S/C37H42N8O4/c38-36-29(20-30(41-42-36)28-4-1-2-7-33(28)46)24-21-39-45(22-24)26-10-8-25(9-11-26)43-16-14-23(15-17-43)27-5-3-6-31-35(27)49-19-18-44(31)32-12-13-34(47)40-37(32)48/h1-7,20-23,25-26,32,46H,8-19H2,(H2,38,42)(H,40,47,48)/t25?,26?,32-/m0/s1. The lowest BCUT2D eigenvalue weighted by atomic mass is 9.85. The van der Waals surface area contributed by atoms with E-state index in [-0.39, 0.29) is 23.6 Å². The molecule has 4 N–H and O–H groups in total. The monoisotopic (exact) mass is 662 g/mol. The third kappa shape index (κ3) is 6.09. The van der Waals surface area contributed by atoms with Crippen molar-refractivity contribution in [2.24, 2.45) is 0 Å². The number of carbonyl (C=O) groups excluding carboxylic acids is 2. The van der Waals surface area contributed by atoms with Gasteiger partial charge in [0.25, 0.3) is 0 Å². The predicted octanol–water partition coefficient (Wildman–Crippen LogP) is 4.66. The molecule has 4 aliphatic rings. The Balaban J connectivity index is 0.884. The van der Waals surface area contributed by atoms with E-state index in [0.717, 1.165) is 74.2 Å². The van der Waals surface area contributed by atoms with E-state index in [1.54, 1.807) is 12.1 Å². The highest BCUT2D eigenvalue weighted by Crippen LogP contribution is 2.44. The van der Waals surface area contributed by atoms with Gasteiger partial charge in [-0.05, 0) is 93.8 Å². The molecule has 0 radical (unpaired) electrons. The van der Waals surface area contributed by atoms with Crippen molar-refractivity contribution < 1.29 is 19.4 Å². The predicted molar refractivity (Wildman–Crippen MR) is 185 cm³/mol. The first kappa shape index (κ1) is 31.3. The summed E-state index contributed by atoms with van der Waals surface area (Å²) in [5.74, 6) is 1.41. The van der Waals surface area contributed by atoms with Crippen LogP contribution in [-0.4, -0.2) is 80.1 Å². The number of nitrogens with two attached hydrogens (primary N) is 1. The average Bonchev–Trinajstić information content (AvgIpc) is 3.62. The maximum absolute atomic E-state index is 12.7. The van der Waals surface area contributed by atoms with Crippen molar-refractivity contribution >= 4 is 23.3 Å². The van der Waals surface area contributed by atoms with Crippen LogP contribution < -0.4 is 20.7 Å². The van der Waals surface area contributed by atoms with E-state index < -0.39 is 0 Å². The molecule has 5 heterocycles. The Hall–Kier alpha value is -4.97. The molecule has 0 unspecified atom stereocenters. The second-order valence-electron chi connectivity index (χ2n) is 13.7. The first-order valence-electron chi connectivity index (χ1n) is 17.5. The number of piperidine rings is 2. The van der Waals surface area contributed by atoms with Crippen molar-refractivity contribution in [2.75, 3.05) is 36.9 Å². The van der Waals surface area contributed by atoms with Gasteiger partial charge < -0.3 is 25.4 Å². The highest BCUT2D eigenvalue weighted by atomic mass is 16.5. The second kappa shape index (κ2) is 13.1. The molecule has 0 bridgehead atoms. The molecule has 254 valence electrons. The number of benzene rings is 2. The molecule has 12 nitrogen and oxygen atoms in total. The SMILES string of the molecule is Nc1nnc(-c2ccccc2O)cc1-c1cnn(C2CCC(N3CCC(c4cccc5c4OCCN5[C@H]4CCC(=O)NC4=O)CC3)CC2)c1. The number of hydrogen-bond acceptors (Lipinski definition) is 10. The summed E-state index contributed by atoms with van der Waals surface area (Å²) in [4.78, 5) is 29.2. The van der Waals surface area contributed by atoms with Crippen LogP contribution in [0.2, 0.25) is 0 Å². The Bertz CT molecular complexity index is 1860. The summed E-state index contributed by atoms with van der Waals surface area (Å²) in [5, 5.41) is 25.9. The zero-order valence-electron chi connectivity index (χ0n) is 27.5. The summed E-state index contributed by atoms with van der Waals surface area (Å²) >= 11 is 0. The lowest BCUT2D eigenvalue weighted by Crippen LogP contribution is -2.54. The number of hydrogen-bond donors (Lipinski definition) is 3. The zero-order valence-corrected chi connectivity index (χ0v) is 27.5. The van der Waals surface area contributed by atoms with Crippen molar-refractivity contribution in [2.45, 2.75) is 75.4 Å². The van der Waals surface area contributed by atoms with E-state index in [2.05, 4.69) is 48.3 Å². The van der Waals surface area contributed by atoms with Gasteiger partial charge in [-0.2, -0.15) is 5.10 Å². The fourth-order valence-corrected chi connectivity index (χ4v) is 8.31. The van der Waals surface area contributed by atoms with Gasteiger partial charge in [0.2, 0.25) is 11.8 Å². The molecule has 1 aliphatic carbocycles. The van der Waals surface area contributed by atoms with Crippen molar-refractivity contribution in [1.29, 1.82) is 0 Å². The van der Waals surface area contributed by atoms with Crippen LogP contribution in [0.1, 0.15) is 68.9 Å². The van der Waals surface area contributed by atoms with E-state index in [4.69, 9.17) is 15.6 Å². The van der Waals surface area contributed by atoms with E-state index >= 15 is 0 Å². The van der Waals surface area contributed by atoms with Crippen LogP contribution in [0.3, 0.4) is 0 Å². The van der Waals surface area contributed by atoms with E-state index in [0.29, 0.717) is 61.1 Å². The van der Waals surface area contributed by atoms with Crippen molar-refractivity contribution in [1.82, 2.24) is 30.2 Å². The van der Waals surface area contributed by atoms with Crippen molar-refractivity contribution in [3.05, 3.63) is 66.5 Å². The van der Waals surface area contributed by atoms with Crippen LogP contribution >= 0.6 is 0 Å². The van der Waals surface area contributed by atoms with E-state index in [1.165, 1.54) is 5.56 Å². The van der Waals surface area contributed by atoms with Gasteiger partial charge in [0.05, 0.1) is 30.2 Å². The average molecular weight is 663 g/mol. The number of carbonyl (C=O) groups is 2. The molecule has 2 amide bonds. The fraction of sp³-hybridized carbons (Fsp3) is 0.432. The summed E-state index contributed by atoms with van der Waals surface area (Å²) in [6.45, 7) is 3.28. The molecule has 2 saturated heterocycles. The molecule has 8 rings (SSSR count). The van der Waals surface area contributed by atoms with Crippen LogP contribution in [0.5, 0.6) is 11.5 Å². The van der Waals surface area contributed by atoms with Crippen LogP contribution in [0.4, 0.5) is 11.5 Å². The highest BCUT2D eigenvalue weighted by molar-refractivity contribution is 6.02. The molecular formula is C37H42N8O4. The highest BCUT2D eigenvalue weighted by Gasteiger charge is 2.37. The number of nitrogens with zero attached hydrogens (tertiary/aromatic N) is 6. The third-order valence-electron chi connectivity index (χ3n) is 10.9. The first-order valence-corrected chi connectivity index (χ1v) is 17.5. The topological polar surface area (TPSA) is 152 Å². The maximum Gasteiger partial charge on any atom is 0.249 e. The van der Waals surface area contributed by atoms with Gasteiger partial charge in [0, 0.05) is 35.3 Å². The van der Waals surface area contributed by atoms with Gasteiger partial charge in [-0.25, -0.2) is 0 Å². The number of likely N-dealkylation sites (tertiary alicyclic amines) is 1. The molecule has 1 saturated carbocycles. The largest absolute Gasteiger partial charge is 0.507 e. The quantitative estimate of drug-likeness (QED) is 0.249. The molecular weight excluding hydrogens is 620 g/mol. The van der Waals surface area contributed by atoms with Crippen LogP contribution in [0.25, 0.3) is 22.4 Å². The fourth-order valence-electron chi connectivity index (χ4n) is 8.31. The van der Waals surface area contributed by atoms with Gasteiger partial charge in [-0.1, -0.05) is 24.3 Å². The Morgan fingerprint density at radius 1 is 0.878 bits per heavy atom. The lowest BCUT2D eigenvalue weighted by Gasteiger charge is -2.42. The number of phenols is 1. The number of rotatable bonds is 6. The van der Waals surface area contributed by atoms with Gasteiger partial charge in [0.15, 0.2) is 5.82 Å². The minimum atomic E-state index is -0.338. The summed E-state index contributed by atoms with van der Waals surface area (Å²) in [6, 6.07) is 15.8. The number of ether oxygens (including phenoxy) is 1. The molecule has 12 heteroatoms. The number of nitrogens with one attached hydrogen (secondary N) is 1. The number of fused-ring (bicyclic) bond motifs is 1. The minimum absolute atomic E-state index is 0.149. The lowest BCUT2D eigenvalue weighted by molar-refractivity contribution is -0.134. The van der Waals surface area contributed by atoms with E-state index in [9.17, 15) is 14.7 Å². The summed E-state index contributed by atoms with van der Waals surface area (Å²) in [5.41, 5.74) is 11.3. The molecule has 2 aromatic carbocycles. The summed E-state index contributed by atoms with van der Waals surface area (Å²) < 4.78 is 8.34. The number of aromatic hydroxyl groups is 1. The number of imide groups is 1. The second-order valence-corrected chi connectivity index (χ2v) is 13.7. The van der Waals surface area contributed by atoms with Crippen LogP contribution in [0.15, 0.2) is 60.9 Å². The normalized spacial score (nSPS) is 23.5. The number of amides is 2. The molecule has 4 aromatic rings. The molecule has 0 spiro atoms. The molecule has 1 atom stereocenters. The van der Waals surface area contributed by atoms with Crippen LogP contribution in [0, 0.1) is 0 Å². The Labute approximate surface area is 285 Å². The van der Waals surface area contributed by atoms with Gasteiger partial charge in [0.1, 0.15) is 24.1 Å². The van der Waals surface area contributed by atoms with Crippen molar-refractivity contribution in [3.63, 3.8) is 0 Å². The summed E-state index contributed by atoms with van der Waals surface area (Å²) in [6.07, 6.45) is 11.3. The Kier molecular flexibility index (Phi) is 8.40. The van der Waals surface area contributed by atoms with Crippen molar-refractivity contribution in [3.8, 4) is 33.9 Å².